The number of thiophene rings is 1. The number of hydrogen-bond donors (Lipinski definition) is 1. The minimum Gasteiger partial charge on any atom is -0.438 e. The Bertz CT molecular complexity index is 665. The van der Waals surface area contributed by atoms with Gasteiger partial charge in [0.05, 0.1) is 5.39 Å². The second-order valence-electron chi connectivity index (χ2n) is 3.49. The van der Waals surface area contributed by atoms with Gasteiger partial charge in [0.2, 0.25) is 5.88 Å². The quantitative estimate of drug-likeness (QED) is 0.703. The van der Waals surface area contributed by atoms with E-state index in [-0.39, 0.29) is 0 Å². The van der Waals surface area contributed by atoms with Crippen LogP contribution in [0.2, 0.25) is 0 Å². The number of ether oxygens (including phenoxy) is 1. The summed E-state index contributed by atoms with van der Waals surface area (Å²) in [6.45, 7) is 0. The Morgan fingerprint density at radius 1 is 1.18 bits per heavy atom. The smallest absolute Gasteiger partial charge is 0.231 e. The molecule has 0 aliphatic carbocycles. The molecule has 2 aromatic heterocycles. The average Bonchev–Trinajstić information content (AvgIpc) is 2.78. The molecule has 0 unspecified atom stereocenters. The fourth-order valence-corrected chi connectivity index (χ4v) is 2.26. The van der Waals surface area contributed by atoms with Crippen molar-refractivity contribution in [2.24, 2.45) is 0 Å². The lowest BCUT2D eigenvalue weighted by atomic mass is 10.3. The van der Waals surface area contributed by atoms with E-state index in [0.29, 0.717) is 17.3 Å². The van der Waals surface area contributed by atoms with Crippen LogP contribution < -0.4 is 10.5 Å². The van der Waals surface area contributed by atoms with Crippen LogP contribution in [0.4, 0.5) is 5.69 Å². The molecule has 2 heterocycles. The van der Waals surface area contributed by atoms with Crippen LogP contribution in [0.15, 0.2) is 42.0 Å². The minimum absolute atomic E-state index is 0.557. The van der Waals surface area contributed by atoms with Crippen LogP contribution in [0.1, 0.15) is 0 Å². The molecule has 0 amide bonds. The van der Waals surface area contributed by atoms with Gasteiger partial charge in [-0.3, -0.25) is 0 Å². The maximum absolute atomic E-state index is 5.71. The maximum Gasteiger partial charge on any atom is 0.231 e. The first-order valence-electron chi connectivity index (χ1n) is 5.04. The van der Waals surface area contributed by atoms with E-state index in [1.807, 2.05) is 29.6 Å². The first-order chi connectivity index (χ1) is 8.33. The number of nitrogens with two attached hydrogens (primary N) is 1. The Morgan fingerprint density at radius 2 is 2.12 bits per heavy atom. The first-order valence-corrected chi connectivity index (χ1v) is 5.92. The fraction of sp³-hybridized carbons (Fsp3) is 0. The van der Waals surface area contributed by atoms with Gasteiger partial charge in [0, 0.05) is 11.8 Å². The minimum atomic E-state index is 0.557. The molecule has 0 aliphatic heterocycles. The van der Waals surface area contributed by atoms with Gasteiger partial charge in [0.15, 0.2) is 0 Å². The number of nitrogens with zero attached hydrogens (tertiary/aromatic N) is 2. The topological polar surface area (TPSA) is 61.0 Å². The van der Waals surface area contributed by atoms with Gasteiger partial charge < -0.3 is 10.5 Å². The highest BCUT2D eigenvalue weighted by Gasteiger charge is 2.06. The van der Waals surface area contributed by atoms with E-state index in [1.54, 1.807) is 17.4 Å². The normalized spacial score (nSPS) is 10.6. The van der Waals surface area contributed by atoms with Crippen molar-refractivity contribution in [1.82, 2.24) is 9.97 Å². The van der Waals surface area contributed by atoms with E-state index in [9.17, 15) is 0 Å². The summed E-state index contributed by atoms with van der Waals surface area (Å²) in [6, 6.07) is 9.21. The summed E-state index contributed by atoms with van der Waals surface area (Å²) in [5.41, 5.74) is 6.36. The van der Waals surface area contributed by atoms with Crippen LogP contribution in [0.3, 0.4) is 0 Å². The van der Waals surface area contributed by atoms with Crippen LogP contribution in [-0.4, -0.2) is 9.97 Å². The molecule has 84 valence electrons. The van der Waals surface area contributed by atoms with Crippen molar-refractivity contribution in [3.63, 3.8) is 0 Å². The number of anilines is 1. The van der Waals surface area contributed by atoms with Gasteiger partial charge in [-0.15, -0.1) is 11.3 Å². The summed E-state index contributed by atoms with van der Waals surface area (Å²) in [5, 5.41) is 2.88. The van der Waals surface area contributed by atoms with Gasteiger partial charge in [0.25, 0.3) is 0 Å². The largest absolute Gasteiger partial charge is 0.438 e. The molecular weight excluding hydrogens is 234 g/mol. The number of nitrogen functional groups attached to an aromatic ring is 1. The SMILES string of the molecule is Nc1cccc(Oc2ncnc3sccc23)c1. The predicted octanol–water partition coefficient (Wildman–Crippen LogP) is 3.07. The zero-order valence-electron chi connectivity index (χ0n) is 8.83. The van der Waals surface area contributed by atoms with Crippen molar-refractivity contribution in [3.05, 3.63) is 42.0 Å². The molecule has 2 N–H and O–H groups in total. The van der Waals surface area contributed by atoms with Gasteiger partial charge in [-0.1, -0.05) is 6.07 Å². The van der Waals surface area contributed by atoms with Crippen LogP contribution in [0, 0.1) is 0 Å². The summed E-state index contributed by atoms with van der Waals surface area (Å²) in [5.74, 6) is 1.23. The third kappa shape index (κ3) is 1.92. The van der Waals surface area contributed by atoms with Crippen molar-refractivity contribution in [1.29, 1.82) is 0 Å². The molecule has 0 fully saturated rings. The lowest BCUT2D eigenvalue weighted by Gasteiger charge is -2.05. The van der Waals surface area contributed by atoms with Crippen LogP contribution >= 0.6 is 11.3 Å². The highest BCUT2D eigenvalue weighted by Crippen LogP contribution is 2.29. The lowest BCUT2D eigenvalue weighted by molar-refractivity contribution is 0.468. The third-order valence-corrected chi connectivity index (χ3v) is 3.12. The highest BCUT2D eigenvalue weighted by atomic mass is 32.1. The molecule has 5 heteroatoms. The number of benzene rings is 1. The summed E-state index contributed by atoms with van der Waals surface area (Å²) in [4.78, 5) is 9.22. The average molecular weight is 243 g/mol. The molecule has 0 bridgehead atoms. The van der Waals surface area contributed by atoms with E-state index < -0.39 is 0 Å². The van der Waals surface area contributed by atoms with Crippen molar-refractivity contribution in [2.45, 2.75) is 0 Å². The van der Waals surface area contributed by atoms with Gasteiger partial charge in [-0.05, 0) is 23.6 Å². The van der Waals surface area contributed by atoms with Gasteiger partial charge in [-0.2, -0.15) is 0 Å². The molecule has 0 atom stereocenters. The van der Waals surface area contributed by atoms with Crippen LogP contribution in [0.5, 0.6) is 11.6 Å². The molecule has 0 spiro atoms. The first kappa shape index (κ1) is 10.0. The standard InChI is InChI=1S/C12H9N3OS/c13-8-2-1-3-9(6-8)16-11-10-4-5-17-12(10)15-7-14-11/h1-7H,13H2. The summed E-state index contributed by atoms with van der Waals surface area (Å²) >= 11 is 1.56. The molecule has 3 rings (SSSR count). The van der Waals surface area contributed by atoms with Gasteiger partial charge in [0.1, 0.15) is 16.9 Å². The van der Waals surface area contributed by atoms with Crippen molar-refractivity contribution in [2.75, 3.05) is 5.73 Å². The summed E-state index contributed by atoms with van der Waals surface area (Å²) in [7, 11) is 0. The molecule has 17 heavy (non-hydrogen) atoms. The van der Waals surface area contributed by atoms with Gasteiger partial charge in [-0.25, -0.2) is 9.97 Å². The molecule has 0 aliphatic rings. The zero-order chi connectivity index (χ0) is 11.7. The third-order valence-electron chi connectivity index (χ3n) is 2.30. The fourth-order valence-electron chi connectivity index (χ4n) is 1.54. The Kier molecular flexibility index (Phi) is 2.38. The van der Waals surface area contributed by atoms with E-state index >= 15 is 0 Å². The van der Waals surface area contributed by atoms with Crippen LogP contribution in [-0.2, 0) is 0 Å². The number of hydrogen-bond acceptors (Lipinski definition) is 5. The second kappa shape index (κ2) is 4.03. The van der Waals surface area contributed by atoms with E-state index in [2.05, 4.69) is 9.97 Å². The van der Waals surface area contributed by atoms with E-state index in [0.717, 1.165) is 10.2 Å². The number of aromatic nitrogens is 2. The maximum atomic E-state index is 5.71. The van der Waals surface area contributed by atoms with E-state index in [4.69, 9.17) is 10.5 Å². The molecule has 0 saturated heterocycles. The Morgan fingerprint density at radius 3 is 3.00 bits per heavy atom. The summed E-state index contributed by atoms with van der Waals surface area (Å²) in [6.07, 6.45) is 1.50. The van der Waals surface area contributed by atoms with Gasteiger partial charge >= 0.3 is 0 Å². The lowest BCUT2D eigenvalue weighted by Crippen LogP contribution is -1.90. The van der Waals surface area contributed by atoms with Crippen molar-refractivity contribution >= 4 is 27.2 Å². The Hall–Kier alpha value is -2.14. The Labute approximate surface area is 102 Å². The van der Waals surface area contributed by atoms with E-state index in [1.165, 1.54) is 6.33 Å². The van der Waals surface area contributed by atoms with Crippen LogP contribution in [0.25, 0.3) is 10.2 Å². The number of fused-ring (bicyclic) bond motifs is 1. The molecule has 1 aromatic carbocycles. The summed E-state index contributed by atoms with van der Waals surface area (Å²) < 4.78 is 5.71. The molecule has 3 aromatic rings. The zero-order valence-corrected chi connectivity index (χ0v) is 9.65. The number of rotatable bonds is 2. The molecular formula is C12H9N3OS. The predicted molar refractivity (Wildman–Crippen MR) is 68.3 cm³/mol. The highest BCUT2D eigenvalue weighted by molar-refractivity contribution is 7.16. The van der Waals surface area contributed by atoms with Crippen molar-refractivity contribution < 1.29 is 4.74 Å². The van der Waals surface area contributed by atoms with Crippen molar-refractivity contribution in [3.8, 4) is 11.6 Å². The molecule has 0 saturated carbocycles. The Balaban J connectivity index is 2.02. The molecule has 0 radical (unpaired) electrons. The monoisotopic (exact) mass is 243 g/mol. The second-order valence-corrected chi connectivity index (χ2v) is 4.39. The molecule has 4 nitrogen and oxygen atoms in total.